The molecular weight excluding hydrogens is 306 g/mol. The number of aromatic nitrogens is 3. The van der Waals surface area contributed by atoms with Crippen molar-refractivity contribution < 1.29 is 14.3 Å². The number of fused-ring (bicyclic) bond motifs is 3. The van der Waals surface area contributed by atoms with Gasteiger partial charge in [-0.05, 0) is 37.3 Å². The number of rotatable bonds is 5. The first-order valence-corrected chi connectivity index (χ1v) is 8.26. The smallest absolute Gasteiger partial charge is 0.331 e. The highest BCUT2D eigenvalue weighted by Crippen LogP contribution is 2.34. The van der Waals surface area contributed by atoms with Gasteiger partial charge in [0.05, 0.1) is 12.3 Å². The van der Waals surface area contributed by atoms with Crippen molar-refractivity contribution in [3.05, 3.63) is 35.0 Å². The molecule has 3 rings (SSSR count). The maximum absolute atomic E-state index is 12.3. The fourth-order valence-corrected chi connectivity index (χ4v) is 3.24. The number of nitrogens with zero attached hydrogens (tertiary/aromatic N) is 3. The van der Waals surface area contributed by atoms with Gasteiger partial charge >= 0.3 is 5.97 Å². The molecule has 0 radical (unpaired) electrons. The van der Waals surface area contributed by atoms with Crippen LogP contribution in [0.5, 0.6) is 0 Å². The van der Waals surface area contributed by atoms with Gasteiger partial charge in [-0.1, -0.05) is 31.2 Å². The summed E-state index contributed by atoms with van der Waals surface area (Å²) in [4.78, 5) is 23.3. The van der Waals surface area contributed by atoms with Crippen LogP contribution in [0.1, 0.15) is 48.4 Å². The Kier molecular flexibility index (Phi) is 4.46. The minimum Gasteiger partial charge on any atom is -0.464 e. The number of carbonyl (C=O) groups is 2. The molecule has 0 fully saturated rings. The average molecular weight is 327 g/mol. The van der Waals surface area contributed by atoms with E-state index in [4.69, 9.17) is 4.74 Å². The van der Waals surface area contributed by atoms with Crippen molar-refractivity contribution in [3.8, 4) is 11.3 Å². The Morgan fingerprint density at radius 1 is 1.38 bits per heavy atom. The quantitative estimate of drug-likeness (QED) is 0.623. The number of esters is 1. The number of carbonyl (C=O) groups excluding carboxylic acids is 2. The summed E-state index contributed by atoms with van der Waals surface area (Å²) in [6, 6.07) is 5.11. The van der Waals surface area contributed by atoms with Crippen LogP contribution in [0.15, 0.2) is 18.2 Å². The molecule has 2 aromatic rings. The Bertz CT molecular complexity index is 780. The van der Waals surface area contributed by atoms with E-state index in [2.05, 4.69) is 10.3 Å². The van der Waals surface area contributed by atoms with Gasteiger partial charge in [0, 0.05) is 11.1 Å². The van der Waals surface area contributed by atoms with Crippen LogP contribution in [0.4, 0.5) is 0 Å². The Morgan fingerprint density at radius 2 is 2.17 bits per heavy atom. The zero-order chi connectivity index (χ0) is 17.3. The SMILES string of the molecule is CCOC(=O)[C@H](C(C)C)n1nnc2c1CCc1cc(C=O)ccc1-2. The Labute approximate surface area is 140 Å². The first-order chi connectivity index (χ1) is 11.6. The number of hydrogen-bond donors (Lipinski definition) is 0. The molecule has 0 bridgehead atoms. The molecule has 1 aromatic heterocycles. The molecule has 1 aliphatic rings. The molecular formula is C18H21N3O3. The predicted octanol–water partition coefficient (Wildman–Crippen LogP) is 2.62. The number of ether oxygens (including phenoxy) is 1. The summed E-state index contributed by atoms with van der Waals surface area (Å²) < 4.78 is 6.93. The Hall–Kier alpha value is -2.50. The Morgan fingerprint density at radius 3 is 2.83 bits per heavy atom. The minimum atomic E-state index is -0.475. The molecule has 0 aliphatic heterocycles. The molecule has 0 amide bonds. The third-order valence-electron chi connectivity index (χ3n) is 4.37. The summed E-state index contributed by atoms with van der Waals surface area (Å²) in [6.07, 6.45) is 2.38. The van der Waals surface area contributed by atoms with E-state index in [0.29, 0.717) is 12.2 Å². The fourth-order valence-electron chi connectivity index (χ4n) is 3.24. The number of aldehydes is 1. The first kappa shape index (κ1) is 16.4. The van der Waals surface area contributed by atoms with Crippen LogP contribution in [0, 0.1) is 5.92 Å². The van der Waals surface area contributed by atoms with Crippen LogP contribution >= 0.6 is 0 Å². The molecule has 0 saturated carbocycles. The van der Waals surface area contributed by atoms with Gasteiger partial charge in [-0.3, -0.25) is 4.79 Å². The second kappa shape index (κ2) is 6.55. The van der Waals surface area contributed by atoms with E-state index in [-0.39, 0.29) is 11.9 Å². The molecule has 6 heteroatoms. The number of benzene rings is 1. The summed E-state index contributed by atoms with van der Waals surface area (Å²) in [7, 11) is 0. The normalized spacial score (nSPS) is 14.0. The van der Waals surface area contributed by atoms with Crippen molar-refractivity contribution in [1.82, 2.24) is 15.0 Å². The maximum Gasteiger partial charge on any atom is 0.331 e. The van der Waals surface area contributed by atoms with Crippen molar-refractivity contribution in [3.63, 3.8) is 0 Å². The second-order valence-electron chi connectivity index (χ2n) is 6.30. The molecule has 126 valence electrons. The summed E-state index contributed by atoms with van der Waals surface area (Å²) >= 11 is 0. The van der Waals surface area contributed by atoms with E-state index >= 15 is 0 Å². The molecule has 0 unspecified atom stereocenters. The lowest BCUT2D eigenvalue weighted by Gasteiger charge is -2.23. The topological polar surface area (TPSA) is 74.1 Å². The average Bonchev–Trinajstić information content (AvgIpc) is 2.98. The highest BCUT2D eigenvalue weighted by atomic mass is 16.5. The molecule has 1 aromatic carbocycles. The van der Waals surface area contributed by atoms with E-state index in [1.165, 1.54) is 0 Å². The van der Waals surface area contributed by atoms with Crippen molar-refractivity contribution >= 4 is 12.3 Å². The minimum absolute atomic E-state index is 0.0497. The summed E-state index contributed by atoms with van der Waals surface area (Å²) in [6.45, 7) is 6.09. The van der Waals surface area contributed by atoms with E-state index in [0.717, 1.165) is 41.6 Å². The second-order valence-corrected chi connectivity index (χ2v) is 6.30. The molecule has 0 spiro atoms. The lowest BCUT2D eigenvalue weighted by atomic mass is 9.90. The molecule has 24 heavy (non-hydrogen) atoms. The molecule has 6 nitrogen and oxygen atoms in total. The highest BCUT2D eigenvalue weighted by Gasteiger charge is 2.32. The third kappa shape index (κ3) is 2.72. The van der Waals surface area contributed by atoms with Gasteiger partial charge in [0.25, 0.3) is 0 Å². The van der Waals surface area contributed by atoms with Crippen molar-refractivity contribution in [2.75, 3.05) is 6.61 Å². The standard InChI is InChI=1S/C18H21N3O3/c1-4-24-18(23)17(11(2)3)21-15-8-6-13-9-12(10-22)5-7-14(13)16(15)19-20-21/h5,7,9-11,17H,4,6,8H2,1-3H3/t17-/m0/s1. The van der Waals surface area contributed by atoms with Crippen molar-refractivity contribution in [2.45, 2.75) is 39.7 Å². The van der Waals surface area contributed by atoms with E-state index in [1.807, 2.05) is 26.0 Å². The van der Waals surface area contributed by atoms with E-state index < -0.39 is 6.04 Å². The van der Waals surface area contributed by atoms with Crippen molar-refractivity contribution in [2.24, 2.45) is 5.92 Å². The van der Waals surface area contributed by atoms with Gasteiger partial charge in [-0.25, -0.2) is 9.48 Å². The number of aryl methyl sites for hydroxylation is 1. The molecule has 1 heterocycles. The zero-order valence-corrected chi connectivity index (χ0v) is 14.2. The molecule has 0 saturated heterocycles. The summed E-state index contributed by atoms with van der Waals surface area (Å²) in [5.41, 5.74) is 4.49. The zero-order valence-electron chi connectivity index (χ0n) is 14.2. The lowest BCUT2D eigenvalue weighted by molar-refractivity contribution is -0.149. The monoisotopic (exact) mass is 327 g/mol. The van der Waals surface area contributed by atoms with E-state index in [1.54, 1.807) is 17.7 Å². The van der Waals surface area contributed by atoms with Gasteiger partial charge < -0.3 is 4.74 Å². The van der Waals surface area contributed by atoms with Crippen LogP contribution in [0.2, 0.25) is 0 Å². The third-order valence-corrected chi connectivity index (χ3v) is 4.37. The number of hydrogen-bond acceptors (Lipinski definition) is 5. The van der Waals surface area contributed by atoms with Crippen LogP contribution < -0.4 is 0 Å². The highest BCUT2D eigenvalue weighted by molar-refractivity contribution is 5.79. The van der Waals surface area contributed by atoms with Gasteiger partial charge in [0.15, 0.2) is 6.04 Å². The largest absolute Gasteiger partial charge is 0.464 e. The van der Waals surface area contributed by atoms with Gasteiger partial charge in [0.1, 0.15) is 12.0 Å². The fraction of sp³-hybridized carbons (Fsp3) is 0.444. The first-order valence-electron chi connectivity index (χ1n) is 8.26. The van der Waals surface area contributed by atoms with Gasteiger partial charge in [0.2, 0.25) is 0 Å². The molecule has 1 aliphatic carbocycles. The van der Waals surface area contributed by atoms with Crippen LogP contribution in [0.25, 0.3) is 11.3 Å². The van der Waals surface area contributed by atoms with Crippen molar-refractivity contribution in [1.29, 1.82) is 0 Å². The van der Waals surface area contributed by atoms with Gasteiger partial charge in [-0.2, -0.15) is 0 Å². The van der Waals surface area contributed by atoms with Crippen LogP contribution in [0.3, 0.4) is 0 Å². The predicted molar refractivity (Wildman–Crippen MR) is 88.8 cm³/mol. The Balaban J connectivity index is 2.04. The maximum atomic E-state index is 12.3. The van der Waals surface area contributed by atoms with Crippen LogP contribution in [-0.4, -0.2) is 33.9 Å². The van der Waals surface area contributed by atoms with Gasteiger partial charge in [-0.15, -0.1) is 5.10 Å². The summed E-state index contributed by atoms with van der Waals surface area (Å²) in [5, 5.41) is 8.58. The van der Waals surface area contributed by atoms with E-state index in [9.17, 15) is 9.59 Å². The molecule has 0 N–H and O–H groups in total. The molecule has 1 atom stereocenters. The summed E-state index contributed by atoms with van der Waals surface area (Å²) in [5.74, 6) is -0.226. The lowest BCUT2D eigenvalue weighted by Crippen LogP contribution is -2.29. The van der Waals surface area contributed by atoms with Crippen LogP contribution in [-0.2, 0) is 22.4 Å².